The van der Waals surface area contributed by atoms with Gasteiger partial charge >= 0.3 is 6.61 Å². The molecule has 9 heteroatoms. The fraction of sp³-hybridized carbons (Fsp3) is 0.350. The summed E-state index contributed by atoms with van der Waals surface area (Å²) in [4.78, 5) is 4.10. The second kappa shape index (κ2) is 13.5. The van der Waals surface area contributed by atoms with Crippen molar-refractivity contribution in [3.05, 3.63) is 65.2 Å². The fourth-order valence-electron chi connectivity index (χ4n) is 2.57. The molecule has 2 N–H and O–H groups in total. The van der Waals surface area contributed by atoms with Crippen LogP contribution in [0.5, 0.6) is 5.75 Å². The Labute approximate surface area is 189 Å². The molecule has 0 radical (unpaired) electrons. The minimum absolute atomic E-state index is 0. The standard InChI is InChI=1S/C20H25F2N3O2S.HI/c1-15-8-9-18(27-19(21)22)17(12-15)13-25-20(23-2)24-10-11-28(26)14-16-6-4-3-5-7-16;/h3-9,12,19H,10-11,13-14H2,1-2H3,(H2,23,24,25);1H. The lowest BCUT2D eigenvalue weighted by molar-refractivity contribution is -0.0504. The van der Waals surface area contributed by atoms with Gasteiger partial charge in [-0.15, -0.1) is 24.0 Å². The summed E-state index contributed by atoms with van der Waals surface area (Å²) in [6, 6.07) is 14.7. The van der Waals surface area contributed by atoms with Crippen LogP contribution in [0, 0.1) is 6.92 Å². The van der Waals surface area contributed by atoms with Gasteiger partial charge in [0.05, 0.1) is 0 Å². The first-order chi connectivity index (χ1) is 13.5. The summed E-state index contributed by atoms with van der Waals surface area (Å²) >= 11 is 0. The Morgan fingerprint density at radius 2 is 1.90 bits per heavy atom. The highest BCUT2D eigenvalue weighted by atomic mass is 127. The fourth-order valence-corrected chi connectivity index (χ4v) is 3.61. The van der Waals surface area contributed by atoms with Crippen LogP contribution in [0.3, 0.4) is 0 Å². The normalized spacial score (nSPS) is 12.2. The van der Waals surface area contributed by atoms with Gasteiger partial charge in [-0.1, -0.05) is 48.0 Å². The lowest BCUT2D eigenvalue weighted by atomic mass is 10.1. The van der Waals surface area contributed by atoms with Gasteiger partial charge in [-0.2, -0.15) is 8.78 Å². The van der Waals surface area contributed by atoms with Crippen LogP contribution in [0.25, 0.3) is 0 Å². The second-order valence-electron chi connectivity index (χ2n) is 6.12. The predicted octanol–water partition coefficient (Wildman–Crippen LogP) is 3.83. The monoisotopic (exact) mass is 537 g/mol. The molecule has 0 saturated carbocycles. The van der Waals surface area contributed by atoms with Crippen LogP contribution in [-0.2, 0) is 23.1 Å². The first-order valence-electron chi connectivity index (χ1n) is 8.85. The van der Waals surface area contributed by atoms with Gasteiger partial charge in [0.1, 0.15) is 5.75 Å². The van der Waals surface area contributed by atoms with Crippen molar-refractivity contribution in [1.82, 2.24) is 10.6 Å². The smallest absolute Gasteiger partial charge is 0.387 e. The van der Waals surface area contributed by atoms with Crippen molar-refractivity contribution in [3.8, 4) is 5.75 Å². The van der Waals surface area contributed by atoms with E-state index in [1.165, 1.54) is 6.07 Å². The molecule has 5 nitrogen and oxygen atoms in total. The first-order valence-corrected chi connectivity index (χ1v) is 10.3. The summed E-state index contributed by atoms with van der Waals surface area (Å²) in [6.07, 6.45) is 0. The van der Waals surface area contributed by atoms with E-state index < -0.39 is 17.4 Å². The molecule has 1 atom stereocenters. The van der Waals surface area contributed by atoms with E-state index >= 15 is 0 Å². The van der Waals surface area contributed by atoms with Crippen LogP contribution in [0.2, 0.25) is 0 Å². The second-order valence-corrected chi connectivity index (χ2v) is 7.69. The summed E-state index contributed by atoms with van der Waals surface area (Å²) in [7, 11) is 0.623. The number of rotatable bonds is 9. The van der Waals surface area contributed by atoms with E-state index in [1.54, 1.807) is 19.2 Å². The molecular formula is C20H26F2IN3O2S. The van der Waals surface area contributed by atoms with E-state index in [9.17, 15) is 13.0 Å². The third-order valence-corrected chi connectivity index (χ3v) is 5.21. The van der Waals surface area contributed by atoms with Gasteiger partial charge in [0, 0.05) is 48.0 Å². The highest BCUT2D eigenvalue weighted by molar-refractivity contribution is 14.0. The maximum atomic E-state index is 12.6. The van der Waals surface area contributed by atoms with E-state index in [-0.39, 0.29) is 36.3 Å². The average molecular weight is 537 g/mol. The Morgan fingerprint density at radius 3 is 2.55 bits per heavy atom. The summed E-state index contributed by atoms with van der Waals surface area (Å²) in [5, 5.41) is 6.15. The number of hydrogen-bond donors (Lipinski definition) is 2. The molecule has 0 saturated heterocycles. The zero-order chi connectivity index (χ0) is 20.4. The molecule has 2 aromatic carbocycles. The van der Waals surface area contributed by atoms with Crippen molar-refractivity contribution in [3.63, 3.8) is 0 Å². The van der Waals surface area contributed by atoms with E-state index in [2.05, 4.69) is 20.4 Å². The molecule has 2 aromatic rings. The van der Waals surface area contributed by atoms with Gasteiger partial charge < -0.3 is 15.4 Å². The van der Waals surface area contributed by atoms with Crippen molar-refractivity contribution in [2.75, 3.05) is 19.3 Å². The maximum absolute atomic E-state index is 12.6. The van der Waals surface area contributed by atoms with Crippen LogP contribution in [0.1, 0.15) is 16.7 Å². The number of hydrogen-bond acceptors (Lipinski definition) is 3. The van der Waals surface area contributed by atoms with Crippen LogP contribution in [0.4, 0.5) is 8.78 Å². The van der Waals surface area contributed by atoms with E-state index in [0.29, 0.717) is 29.6 Å². The number of halogens is 3. The highest BCUT2D eigenvalue weighted by Gasteiger charge is 2.10. The zero-order valence-electron chi connectivity index (χ0n) is 16.4. The SMILES string of the molecule is CN=C(NCCS(=O)Cc1ccccc1)NCc1cc(C)ccc1OC(F)F.I. The van der Waals surface area contributed by atoms with Crippen molar-refractivity contribution in [2.24, 2.45) is 4.99 Å². The molecule has 160 valence electrons. The number of nitrogens with one attached hydrogen (secondary N) is 2. The Bertz CT molecular complexity index is 808. The third-order valence-electron chi connectivity index (χ3n) is 3.89. The summed E-state index contributed by atoms with van der Waals surface area (Å²) in [5.41, 5.74) is 2.59. The molecule has 0 bridgehead atoms. The highest BCUT2D eigenvalue weighted by Crippen LogP contribution is 2.21. The van der Waals surface area contributed by atoms with Crippen LogP contribution in [0.15, 0.2) is 53.5 Å². The Hall–Kier alpha value is -1.75. The number of guanidine groups is 1. The minimum Gasteiger partial charge on any atom is -0.434 e. The predicted molar refractivity (Wildman–Crippen MR) is 125 cm³/mol. The van der Waals surface area contributed by atoms with Crippen molar-refractivity contribution < 1.29 is 17.7 Å². The molecule has 0 spiro atoms. The average Bonchev–Trinajstić information content (AvgIpc) is 2.66. The van der Waals surface area contributed by atoms with Crippen molar-refractivity contribution in [1.29, 1.82) is 0 Å². The van der Waals surface area contributed by atoms with Crippen molar-refractivity contribution in [2.45, 2.75) is 25.8 Å². The number of nitrogens with zero attached hydrogens (tertiary/aromatic N) is 1. The van der Waals surface area contributed by atoms with E-state index in [4.69, 9.17) is 0 Å². The number of benzene rings is 2. The van der Waals surface area contributed by atoms with Gasteiger partial charge in [-0.3, -0.25) is 9.20 Å². The Morgan fingerprint density at radius 1 is 1.17 bits per heavy atom. The maximum Gasteiger partial charge on any atom is 0.387 e. The zero-order valence-corrected chi connectivity index (χ0v) is 19.5. The van der Waals surface area contributed by atoms with Crippen LogP contribution in [-0.4, -0.2) is 36.1 Å². The first kappa shape index (κ1) is 25.3. The van der Waals surface area contributed by atoms with Gasteiger partial charge in [-0.25, -0.2) is 0 Å². The summed E-state index contributed by atoms with van der Waals surface area (Å²) in [5.74, 6) is 1.61. The summed E-state index contributed by atoms with van der Waals surface area (Å²) < 4.78 is 41.8. The van der Waals surface area contributed by atoms with Gasteiger partial charge in [0.2, 0.25) is 0 Å². The topological polar surface area (TPSA) is 62.7 Å². The molecule has 0 aliphatic carbocycles. The largest absolute Gasteiger partial charge is 0.434 e. The van der Waals surface area contributed by atoms with Gasteiger partial charge in [0.15, 0.2) is 5.96 Å². The molecule has 0 aromatic heterocycles. The number of aryl methyl sites for hydroxylation is 1. The summed E-state index contributed by atoms with van der Waals surface area (Å²) in [6.45, 7) is -0.243. The molecule has 0 heterocycles. The molecule has 29 heavy (non-hydrogen) atoms. The number of aliphatic imine (C=N–C) groups is 1. The minimum atomic E-state index is -2.88. The lowest BCUT2D eigenvalue weighted by Gasteiger charge is -2.15. The van der Waals surface area contributed by atoms with Crippen LogP contribution >= 0.6 is 24.0 Å². The quantitative estimate of drug-likeness (QED) is 0.290. The van der Waals surface area contributed by atoms with E-state index in [0.717, 1.165) is 11.1 Å². The molecule has 0 aliphatic rings. The van der Waals surface area contributed by atoms with Gasteiger partial charge in [-0.05, 0) is 18.6 Å². The molecule has 1 unspecified atom stereocenters. The number of alkyl halides is 2. The molecule has 0 amide bonds. The van der Waals surface area contributed by atoms with E-state index in [1.807, 2.05) is 37.3 Å². The van der Waals surface area contributed by atoms with Crippen LogP contribution < -0.4 is 15.4 Å². The molecule has 0 fully saturated rings. The molecular weight excluding hydrogens is 511 g/mol. The molecule has 2 rings (SSSR count). The third kappa shape index (κ3) is 9.53. The Kier molecular flexibility index (Phi) is 11.7. The van der Waals surface area contributed by atoms with Gasteiger partial charge in [0.25, 0.3) is 0 Å². The Balaban J connectivity index is 0.00000420. The molecule has 0 aliphatic heterocycles. The lowest BCUT2D eigenvalue weighted by Crippen LogP contribution is -2.38. The van der Waals surface area contributed by atoms with Crippen molar-refractivity contribution >= 4 is 40.7 Å². The number of ether oxygens (including phenoxy) is 1.